The first kappa shape index (κ1) is 26.4. The van der Waals surface area contributed by atoms with Crippen molar-refractivity contribution in [1.29, 1.82) is 0 Å². The summed E-state index contributed by atoms with van der Waals surface area (Å²) in [5, 5.41) is 0. The van der Waals surface area contributed by atoms with Crippen molar-refractivity contribution in [2.45, 2.75) is 23.4 Å². The Morgan fingerprint density at radius 1 is 1.00 bits per heavy atom. The first-order valence-corrected chi connectivity index (χ1v) is 13.1. The van der Waals surface area contributed by atoms with E-state index in [1.807, 2.05) is 0 Å². The third kappa shape index (κ3) is 6.16. The molecule has 1 N–H and O–H groups in total. The smallest absolute Gasteiger partial charge is 0.378 e. The summed E-state index contributed by atoms with van der Waals surface area (Å²) >= 11 is 0. The Morgan fingerprint density at radius 2 is 1.67 bits per heavy atom. The molecule has 2 aliphatic heterocycles. The van der Waals surface area contributed by atoms with Crippen molar-refractivity contribution < 1.29 is 35.5 Å². The summed E-state index contributed by atoms with van der Waals surface area (Å²) in [6, 6.07) is 9.61. The average Bonchev–Trinajstić information content (AvgIpc) is 2.87. The van der Waals surface area contributed by atoms with Crippen LogP contribution in [0.2, 0.25) is 0 Å². The number of morpholine rings is 1. The lowest BCUT2D eigenvalue weighted by molar-refractivity contribution is -0.137. The predicted octanol–water partition coefficient (Wildman–Crippen LogP) is 3.68. The van der Waals surface area contributed by atoms with E-state index in [-0.39, 0.29) is 37.5 Å². The SMILES string of the molecule is O=C(N1CCOCC1)N1CC(CNS(=O)(=O)c2ccccc2F)CC(c2ccc(C(F)(F)F)cc2)C1. The quantitative estimate of drug-likeness (QED) is 0.600. The van der Waals surface area contributed by atoms with Crippen LogP contribution in [0.1, 0.15) is 23.5 Å². The number of amides is 2. The third-order valence-electron chi connectivity index (χ3n) is 6.49. The number of benzene rings is 2. The zero-order chi connectivity index (χ0) is 25.9. The van der Waals surface area contributed by atoms with E-state index in [0.717, 1.165) is 24.3 Å². The van der Waals surface area contributed by atoms with Gasteiger partial charge in [0, 0.05) is 38.6 Å². The molecule has 2 aliphatic rings. The van der Waals surface area contributed by atoms with Gasteiger partial charge in [0.05, 0.1) is 18.8 Å². The molecule has 7 nitrogen and oxygen atoms in total. The van der Waals surface area contributed by atoms with Crippen LogP contribution in [0.15, 0.2) is 53.4 Å². The molecule has 0 aromatic heterocycles. The van der Waals surface area contributed by atoms with Crippen molar-refractivity contribution in [2.75, 3.05) is 45.9 Å². The largest absolute Gasteiger partial charge is 0.416 e. The number of nitrogens with zero attached hydrogens (tertiary/aromatic N) is 2. The van der Waals surface area contributed by atoms with E-state index >= 15 is 0 Å². The maximum atomic E-state index is 14.1. The second kappa shape index (κ2) is 10.7. The van der Waals surface area contributed by atoms with Crippen LogP contribution in [-0.4, -0.2) is 70.2 Å². The van der Waals surface area contributed by atoms with Crippen LogP contribution in [0.4, 0.5) is 22.4 Å². The zero-order valence-corrected chi connectivity index (χ0v) is 20.2. The summed E-state index contributed by atoms with van der Waals surface area (Å²) in [4.78, 5) is 16.0. The highest BCUT2D eigenvalue weighted by Gasteiger charge is 2.35. The van der Waals surface area contributed by atoms with Gasteiger partial charge in [0.1, 0.15) is 10.7 Å². The van der Waals surface area contributed by atoms with E-state index in [2.05, 4.69) is 4.72 Å². The number of piperidine rings is 1. The Morgan fingerprint density at radius 3 is 2.31 bits per heavy atom. The van der Waals surface area contributed by atoms with Crippen LogP contribution in [-0.2, 0) is 20.9 Å². The normalized spacial score (nSPS) is 21.4. The highest BCUT2D eigenvalue weighted by Crippen LogP contribution is 2.34. The number of nitrogens with one attached hydrogen (secondary N) is 1. The maximum absolute atomic E-state index is 14.1. The maximum Gasteiger partial charge on any atom is 0.416 e. The lowest BCUT2D eigenvalue weighted by Crippen LogP contribution is -2.53. The summed E-state index contributed by atoms with van der Waals surface area (Å²) in [6.45, 7) is 2.16. The topological polar surface area (TPSA) is 79.0 Å². The minimum absolute atomic E-state index is 0.0549. The minimum Gasteiger partial charge on any atom is -0.378 e. The number of hydrogen-bond donors (Lipinski definition) is 1. The average molecular weight is 530 g/mol. The first-order chi connectivity index (χ1) is 17.0. The van der Waals surface area contributed by atoms with E-state index in [1.165, 1.54) is 24.3 Å². The highest BCUT2D eigenvalue weighted by molar-refractivity contribution is 7.89. The van der Waals surface area contributed by atoms with Gasteiger partial charge in [-0.15, -0.1) is 0 Å². The molecular formula is C24H27F4N3O4S. The van der Waals surface area contributed by atoms with E-state index in [4.69, 9.17) is 4.74 Å². The van der Waals surface area contributed by atoms with E-state index in [1.54, 1.807) is 9.80 Å². The molecule has 2 aromatic carbocycles. The molecule has 2 aromatic rings. The first-order valence-electron chi connectivity index (χ1n) is 11.6. The molecule has 2 fully saturated rings. The molecule has 2 saturated heterocycles. The minimum atomic E-state index is -4.46. The monoisotopic (exact) mass is 529 g/mol. The molecule has 0 spiro atoms. The number of hydrogen-bond acceptors (Lipinski definition) is 4. The molecule has 2 heterocycles. The summed E-state index contributed by atoms with van der Waals surface area (Å²) in [6.07, 6.45) is -4.02. The van der Waals surface area contributed by atoms with Crippen LogP contribution in [0.5, 0.6) is 0 Å². The molecule has 2 amide bonds. The Balaban J connectivity index is 1.53. The van der Waals surface area contributed by atoms with Crippen LogP contribution < -0.4 is 4.72 Å². The molecule has 36 heavy (non-hydrogen) atoms. The van der Waals surface area contributed by atoms with Crippen LogP contribution >= 0.6 is 0 Å². The van der Waals surface area contributed by atoms with Gasteiger partial charge in [-0.1, -0.05) is 24.3 Å². The molecule has 2 unspecified atom stereocenters. The third-order valence-corrected chi connectivity index (χ3v) is 7.94. The number of rotatable bonds is 5. The van der Waals surface area contributed by atoms with Crippen molar-refractivity contribution in [3.8, 4) is 0 Å². The lowest BCUT2D eigenvalue weighted by atomic mass is 9.84. The molecule has 0 saturated carbocycles. The Labute approximate surface area is 207 Å². The van der Waals surface area contributed by atoms with E-state index in [0.29, 0.717) is 38.3 Å². The number of carbonyl (C=O) groups is 1. The van der Waals surface area contributed by atoms with Gasteiger partial charge in [-0.3, -0.25) is 0 Å². The van der Waals surface area contributed by atoms with Crippen LogP contribution in [0.25, 0.3) is 0 Å². The molecular weight excluding hydrogens is 502 g/mol. The highest BCUT2D eigenvalue weighted by atomic mass is 32.2. The summed E-state index contributed by atoms with van der Waals surface area (Å²) < 4.78 is 86.2. The number of ether oxygens (including phenoxy) is 1. The summed E-state index contributed by atoms with van der Waals surface area (Å²) in [7, 11) is -4.13. The number of urea groups is 1. The fourth-order valence-corrected chi connectivity index (χ4v) is 5.81. The molecule has 4 rings (SSSR count). The van der Waals surface area contributed by atoms with Crippen molar-refractivity contribution >= 4 is 16.1 Å². The van der Waals surface area contributed by atoms with Crippen molar-refractivity contribution in [2.24, 2.45) is 5.92 Å². The van der Waals surface area contributed by atoms with Gasteiger partial charge in [0.15, 0.2) is 0 Å². The number of alkyl halides is 3. The fourth-order valence-electron chi connectivity index (χ4n) is 4.62. The Bertz CT molecular complexity index is 1170. The standard InChI is InChI=1S/C24H27F4N3O4S/c25-21-3-1-2-4-22(21)36(33,34)29-14-17-13-19(18-5-7-20(8-6-18)24(26,27)28)16-31(15-17)23(32)30-9-11-35-12-10-30/h1-8,17,19,29H,9-16H2. The zero-order valence-electron chi connectivity index (χ0n) is 19.4. The van der Waals surface area contributed by atoms with Gasteiger partial charge < -0.3 is 14.5 Å². The second-order valence-corrected chi connectivity index (χ2v) is 10.7. The van der Waals surface area contributed by atoms with Gasteiger partial charge in [-0.05, 0) is 42.2 Å². The fraction of sp³-hybridized carbons (Fsp3) is 0.458. The Hall–Kier alpha value is -2.70. The van der Waals surface area contributed by atoms with Crippen molar-refractivity contribution in [3.05, 3.63) is 65.5 Å². The van der Waals surface area contributed by atoms with Crippen LogP contribution in [0, 0.1) is 11.7 Å². The lowest BCUT2D eigenvalue weighted by Gasteiger charge is -2.41. The van der Waals surface area contributed by atoms with Gasteiger partial charge in [-0.2, -0.15) is 13.2 Å². The second-order valence-electron chi connectivity index (χ2n) is 8.99. The molecule has 0 aliphatic carbocycles. The predicted molar refractivity (Wildman–Crippen MR) is 123 cm³/mol. The number of halogens is 4. The molecule has 196 valence electrons. The number of carbonyl (C=O) groups excluding carboxylic acids is 1. The van der Waals surface area contributed by atoms with Crippen molar-refractivity contribution in [3.63, 3.8) is 0 Å². The molecule has 2 atom stereocenters. The Kier molecular flexibility index (Phi) is 7.86. The van der Waals surface area contributed by atoms with Gasteiger partial charge in [0.2, 0.25) is 10.0 Å². The molecule has 0 bridgehead atoms. The van der Waals surface area contributed by atoms with Gasteiger partial charge >= 0.3 is 12.2 Å². The molecule has 0 radical (unpaired) electrons. The van der Waals surface area contributed by atoms with E-state index in [9.17, 15) is 30.8 Å². The number of sulfonamides is 1. The van der Waals surface area contributed by atoms with Crippen LogP contribution in [0.3, 0.4) is 0 Å². The summed E-state index contributed by atoms with van der Waals surface area (Å²) in [5.74, 6) is -1.51. The van der Waals surface area contributed by atoms with Gasteiger partial charge in [-0.25, -0.2) is 22.3 Å². The summed E-state index contributed by atoms with van der Waals surface area (Å²) in [5.41, 5.74) is -0.137. The number of likely N-dealkylation sites (tertiary alicyclic amines) is 1. The van der Waals surface area contributed by atoms with Gasteiger partial charge in [0.25, 0.3) is 0 Å². The molecule has 12 heteroatoms. The van der Waals surface area contributed by atoms with E-state index < -0.39 is 32.5 Å². The van der Waals surface area contributed by atoms with Crippen molar-refractivity contribution in [1.82, 2.24) is 14.5 Å².